The third-order valence-electron chi connectivity index (χ3n) is 1.81. The van der Waals surface area contributed by atoms with E-state index in [4.69, 9.17) is 9.84 Å². The molecule has 0 spiro atoms. The van der Waals surface area contributed by atoms with Crippen LogP contribution in [0.15, 0.2) is 0 Å². The van der Waals surface area contributed by atoms with E-state index in [9.17, 15) is 4.79 Å². The minimum Gasteiger partial charge on any atom is -0.465 e. The van der Waals surface area contributed by atoms with E-state index < -0.39 is 6.10 Å². The van der Waals surface area contributed by atoms with Crippen molar-refractivity contribution in [2.24, 2.45) is 0 Å². The van der Waals surface area contributed by atoms with Gasteiger partial charge in [0.05, 0.1) is 12.7 Å². The van der Waals surface area contributed by atoms with Gasteiger partial charge >= 0.3 is 5.97 Å². The average Bonchev–Trinajstić information content (AvgIpc) is 2.12. The molecule has 0 saturated carbocycles. The van der Waals surface area contributed by atoms with Gasteiger partial charge in [-0.05, 0) is 20.3 Å². The van der Waals surface area contributed by atoms with Crippen molar-refractivity contribution < 1.29 is 14.6 Å². The number of hydrogen-bond acceptors (Lipinski definition) is 4. The Hall–Kier alpha value is -0.610. The number of carbonyl (C=O) groups is 1. The highest BCUT2D eigenvalue weighted by Gasteiger charge is 2.18. The van der Waals surface area contributed by atoms with E-state index in [0.29, 0.717) is 13.2 Å². The first-order chi connectivity index (χ1) is 6.61. The lowest BCUT2D eigenvalue weighted by molar-refractivity contribution is -0.145. The molecule has 84 valence electrons. The minimum absolute atomic E-state index is 0.227. The second kappa shape index (κ2) is 7.76. The topological polar surface area (TPSA) is 58.6 Å². The van der Waals surface area contributed by atoms with Crippen molar-refractivity contribution in [3.05, 3.63) is 0 Å². The second-order valence-corrected chi connectivity index (χ2v) is 3.35. The molecule has 0 aromatic carbocycles. The molecule has 0 rings (SSSR count). The zero-order valence-corrected chi connectivity index (χ0v) is 9.25. The van der Waals surface area contributed by atoms with Gasteiger partial charge in [0.1, 0.15) is 6.04 Å². The smallest absolute Gasteiger partial charge is 0.323 e. The van der Waals surface area contributed by atoms with Crippen LogP contribution in [0.2, 0.25) is 0 Å². The molecule has 14 heavy (non-hydrogen) atoms. The van der Waals surface area contributed by atoms with Gasteiger partial charge in [-0.25, -0.2) is 0 Å². The molecule has 0 heterocycles. The zero-order chi connectivity index (χ0) is 11.0. The Morgan fingerprint density at radius 2 is 2.14 bits per heavy atom. The van der Waals surface area contributed by atoms with Crippen LogP contribution in [0.25, 0.3) is 0 Å². The van der Waals surface area contributed by atoms with Crippen molar-refractivity contribution in [3.8, 4) is 0 Å². The van der Waals surface area contributed by atoms with Crippen molar-refractivity contribution in [1.82, 2.24) is 5.32 Å². The third-order valence-corrected chi connectivity index (χ3v) is 1.81. The first-order valence-corrected chi connectivity index (χ1v) is 5.19. The highest BCUT2D eigenvalue weighted by atomic mass is 16.5. The van der Waals surface area contributed by atoms with Crippen LogP contribution < -0.4 is 5.32 Å². The van der Waals surface area contributed by atoms with Crippen LogP contribution in [-0.4, -0.2) is 36.4 Å². The molecular weight excluding hydrogens is 182 g/mol. The fourth-order valence-corrected chi connectivity index (χ4v) is 1.15. The van der Waals surface area contributed by atoms with E-state index >= 15 is 0 Å². The van der Waals surface area contributed by atoms with Crippen LogP contribution in [0.3, 0.4) is 0 Å². The lowest BCUT2D eigenvalue weighted by Gasteiger charge is -2.17. The molecule has 0 aromatic rings. The van der Waals surface area contributed by atoms with Gasteiger partial charge < -0.3 is 15.2 Å². The number of hydrogen-bond donors (Lipinski definition) is 2. The van der Waals surface area contributed by atoms with Crippen molar-refractivity contribution in [1.29, 1.82) is 0 Å². The van der Waals surface area contributed by atoms with E-state index in [1.165, 1.54) is 0 Å². The molecule has 2 atom stereocenters. The minimum atomic E-state index is -0.441. The number of rotatable bonds is 7. The van der Waals surface area contributed by atoms with E-state index in [1.54, 1.807) is 13.8 Å². The summed E-state index contributed by atoms with van der Waals surface area (Å²) in [5.41, 5.74) is 0. The van der Waals surface area contributed by atoms with Crippen LogP contribution >= 0.6 is 0 Å². The Kier molecular flexibility index (Phi) is 7.42. The molecule has 0 aliphatic carbocycles. The predicted molar refractivity (Wildman–Crippen MR) is 55.0 cm³/mol. The van der Waals surface area contributed by atoms with Gasteiger partial charge in [-0.15, -0.1) is 0 Å². The molecule has 2 N–H and O–H groups in total. The number of esters is 1. The second-order valence-electron chi connectivity index (χ2n) is 3.35. The first-order valence-electron chi connectivity index (χ1n) is 5.19. The van der Waals surface area contributed by atoms with E-state index in [2.05, 4.69) is 5.32 Å². The van der Waals surface area contributed by atoms with Crippen molar-refractivity contribution in [2.75, 3.05) is 13.2 Å². The van der Waals surface area contributed by atoms with Gasteiger partial charge in [-0.2, -0.15) is 0 Å². The summed E-state index contributed by atoms with van der Waals surface area (Å²) in [5, 5.41) is 12.0. The molecule has 0 aliphatic rings. The Balaban J connectivity index is 3.93. The molecule has 0 aromatic heterocycles. The van der Waals surface area contributed by atoms with E-state index in [0.717, 1.165) is 12.8 Å². The standard InChI is InChI=1S/C10H21NO3/c1-4-6-9(10(13)14-5-2)11-7-8(3)12/h8-9,11-12H,4-7H2,1-3H3. The molecule has 0 saturated heterocycles. The Bertz CT molecular complexity index is 159. The maximum absolute atomic E-state index is 11.4. The van der Waals surface area contributed by atoms with Crippen molar-refractivity contribution >= 4 is 5.97 Å². The zero-order valence-electron chi connectivity index (χ0n) is 9.25. The molecular formula is C10H21NO3. The number of nitrogens with one attached hydrogen (secondary N) is 1. The monoisotopic (exact) mass is 203 g/mol. The van der Waals surface area contributed by atoms with Gasteiger partial charge in [0.15, 0.2) is 0 Å². The van der Waals surface area contributed by atoms with Crippen LogP contribution in [0.4, 0.5) is 0 Å². The molecule has 0 radical (unpaired) electrons. The summed E-state index contributed by atoms with van der Waals surface area (Å²) < 4.78 is 4.91. The summed E-state index contributed by atoms with van der Waals surface area (Å²) in [6, 6.07) is -0.283. The molecule has 4 nitrogen and oxygen atoms in total. The van der Waals surface area contributed by atoms with Crippen LogP contribution in [-0.2, 0) is 9.53 Å². The summed E-state index contributed by atoms with van der Waals surface area (Å²) in [5.74, 6) is -0.227. The first kappa shape index (κ1) is 13.4. The number of ether oxygens (including phenoxy) is 1. The third kappa shape index (κ3) is 5.94. The summed E-state index contributed by atoms with van der Waals surface area (Å²) in [6.45, 7) is 6.30. The average molecular weight is 203 g/mol. The molecule has 4 heteroatoms. The van der Waals surface area contributed by atoms with Gasteiger partial charge in [0.25, 0.3) is 0 Å². The highest BCUT2D eigenvalue weighted by molar-refractivity contribution is 5.75. The van der Waals surface area contributed by atoms with Crippen LogP contribution in [0.1, 0.15) is 33.6 Å². The fourth-order valence-electron chi connectivity index (χ4n) is 1.15. The van der Waals surface area contributed by atoms with Gasteiger partial charge in [0, 0.05) is 6.54 Å². The fraction of sp³-hybridized carbons (Fsp3) is 0.900. The summed E-state index contributed by atoms with van der Waals surface area (Å²) in [6.07, 6.45) is 1.21. The maximum Gasteiger partial charge on any atom is 0.323 e. The van der Waals surface area contributed by atoms with Crippen LogP contribution in [0, 0.1) is 0 Å². The molecule has 0 bridgehead atoms. The normalized spacial score (nSPS) is 14.9. The number of aliphatic hydroxyl groups is 1. The largest absolute Gasteiger partial charge is 0.465 e. The summed E-state index contributed by atoms with van der Waals surface area (Å²) in [7, 11) is 0. The SMILES string of the molecule is CCCC(NCC(C)O)C(=O)OCC. The van der Waals surface area contributed by atoms with Gasteiger partial charge in [-0.1, -0.05) is 13.3 Å². The Labute approximate surface area is 85.6 Å². The maximum atomic E-state index is 11.4. The quantitative estimate of drug-likeness (QED) is 0.598. The van der Waals surface area contributed by atoms with Crippen molar-refractivity contribution in [2.45, 2.75) is 45.8 Å². The molecule has 0 fully saturated rings. The van der Waals surface area contributed by atoms with Crippen molar-refractivity contribution in [3.63, 3.8) is 0 Å². The number of aliphatic hydroxyl groups excluding tert-OH is 1. The van der Waals surface area contributed by atoms with E-state index in [-0.39, 0.29) is 12.0 Å². The van der Waals surface area contributed by atoms with Crippen LogP contribution in [0.5, 0.6) is 0 Å². The van der Waals surface area contributed by atoms with E-state index in [1.807, 2.05) is 6.92 Å². The summed E-state index contributed by atoms with van der Waals surface area (Å²) in [4.78, 5) is 11.4. The summed E-state index contributed by atoms with van der Waals surface area (Å²) >= 11 is 0. The highest BCUT2D eigenvalue weighted by Crippen LogP contribution is 1.99. The predicted octanol–water partition coefficient (Wildman–Crippen LogP) is 0.689. The lowest BCUT2D eigenvalue weighted by atomic mass is 10.1. The number of carbonyl (C=O) groups excluding carboxylic acids is 1. The molecule has 0 amide bonds. The van der Waals surface area contributed by atoms with Gasteiger partial charge in [0.2, 0.25) is 0 Å². The Morgan fingerprint density at radius 1 is 1.50 bits per heavy atom. The van der Waals surface area contributed by atoms with Gasteiger partial charge in [-0.3, -0.25) is 4.79 Å². The molecule has 0 aliphatic heterocycles. The molecule has 2 unspecified atom stereocenters. The Morgan fingerprint density at radius 3 is 2.57 bits per heavy atom. The lowest BCUT2D eigenvalue weighted by Crippen LogP contribution is -2.41.